The predicted octanol–water partition coefficient (Wildman–Crippen LogP) is 3.23. The van der Waals surface area contributed by atoms with Crippen molar-refractivity contribution in [3.8, 4) is 17.0 Å². The fourth-order valence-corrected chi connectivity index (χ4v) is 2.44. The van der Waals surface area contributed by atoms with E-state index >= 15 is 0 Å². The summed E-state index contributed by atoms with van der Waals surface area (Å²) in [5.41, 5.74) is 3.25. The highest BCUT2D eigenvalue weighted by Gasteiger charge is 2.21. The van der Waals surface area contributed by atoms with Crippen LogP contribution < -0.4 is 4.74 Å². The van der Waals surface area contributed by atoms with Gasteiger partial charge in [-0.25, -0.2) is 0 Å². The van der Waals surface area contributed by atoms with E-state index in [0.717, 1.165) is 35.6 Å². The van der Waals surface area contributed by atoms with E-state index in [1.807, 2.05) is 24.3 Å². The normalized spacial score (nSPS) is 14.4. The smallest absolute Gasteiger partial charge is 0.140 e. The monoisotopic (exact) mass is 229 g/mol. The Morgan fingerprint density at radius 2 is 2.00 bits per heavy atom. The second-order valence-corrected chi connectivity index (χ2v) is 4.34. The molecule has 0 aliphatic heterocycles. The number of para-hydroxylation sites is 1. The van der Waals surface area contributed by atoms with Crippen LogP contribution in [0.5, 0.6) is 5.75 Å². The van der Waals surface area contributed by atoms with Crippen molar-refractivity contribution >= 4 is 0 Å². The number of ether oxygens (including phenoxy) is 1. The molecule has 1 aromatic heterocycles. The molecule has 0 radical (unpaired) electrons. The summed E-state index contributed by atoms with van der Waals surface area (Å²) in [5.74, 6) is 1.91. The van der Waals surface area contributed by atoms with Gasteiger partial charge < -0.3 is 9.26 Å². The van der Waals surface area contributed by atoms with Crippen molar-refractivity contribution in [2.45, 2.75) is 25.7 Å². The molecule has 0 N–H and O–H groups in total. The molecule has 3 rings (SSSR count). The fourth-order valence-electron chi connectivity index (χ4n) is 2.44. The van der Waals surface area contributed by atoms with E-state index in [1.54, 1.807) is 7.11 Å². The van der Waals surface area contributed by atoms with Crippen LogP contribution in [0.3, 0.4) is 0 Å². The van der Waals surface area contributed by atoms with Crippen LogP contribution >= 0.6 is 0 Å². The third-order valence-electron chi connectivity index (χ3n) is 3.31. The molecule has 1 aliphatic carbocycles. The zero-order valence-corrected chi connectivity index (χ0v) is 9.90. The average molecular weight is 229 g/mol. The van der Waals surface area contributed by atoms with Gasteiger partial charge in [-0.1, -0.05) is 17.3 Å². The second kappa shape index (κ2) is 4.24. The van der Waals surface area contributed by atoms with Gasteiger partial charge in [-0.3, -0.25) is 0 Å². The predicted molar refractivity (Wildman–Crippen MR) is 65.1 cm³/mol. The van der Waals surface area contributed by atoms with Crippen molar-refractivity contribution in [1.82, 2.24) is 5.16 Å². The van der Waals surface area contributed by atoms with Crippen LogP contribution in [0.4, 0.5) is 0 Å². The number of hydrogen-bond acceptors (Lipinski definition) is 3. The van der Waals surface area contributed by atoms with E-state index < -0.39 is 0 Å². The number of methoxy groups -OCH3 is 1. The molecule has 1 heterocycles. The van der Waals surface area contributed by atoms with Gasteiger partial charge in [0.2, 0.25) is 0 Å². The van der Waals surface area contributed by atoms with Gasteiger partial charge in [0.05, 0.1) is 7.11 Å². The van der Waals surface area contributed by atoms with E-state index in [0.29, 0.717) is 0 Å². The Hall–Kier alpha value is -1.77. The number of nitrogens with zero attached hydrogens (tertiary/aromatic N) is 1. The molecule has 0 atom stereocenters. The summed E-state index contributed by atoms with van der Waals surface area (Å²) < 4.78 is 10.8. The lowest BCUT2D eigenvalue weighted by molar-refractivity contribution is 0.373. The van der Waals surface area contributed by atoms with Gasteiger partial charge in [-0.15, -0.1) is 0 Å². The summed E-state index contributed by atoms with van der Waals surface area (Å²) >= 11 is 0. The summed E-state index contributed by atoms with van der Waals surface area (Å²) in [4.78, 5) is 0. The lowest BCUT2D eigenvalue weighted by Gasteiger charge is -2.10. The van der Waals surface area contributed by atoms with Gasteiger partial charge in [0.1, 0.15) is 17.2 Å². The maximum Gasteiger partial charge on any atom is 0.140 e. The lowest BCUT2D eigenvalue weighted by Crippen LogP contribution is -2.00. The van der Waals surface area contributed by atoms with Crippen LogP contribution in [-0.2, 0) is 12.8 Å². The molecule has 17 heavy (non-hydrogen) atoms. The van der Waals surface area contributed by atoms with E-state index in [2.05, 4.69) is 5.16 Å². The van der Waals surface area contributed by atoms with Gasteiger partial charge in [0.15, 0.2) is 0 Å². The SMILES string of the molecule is COc1ccccc1-c1noc2c1CCCC2. The summed E-state index contributed by atoms with van der Waals surface area (Å²) in [6.45, 7) is 0. The first kappa shape index (κ1) is 10.4. The minimum absolute atomic E-state index is 0.856. The highest BCUT2D eigenvalue weighted by molar-refractivity contribution is 5.70. The molecule has 1 aromatic carbocycles. The summed E-state index contributed by atoms with van der Waals surface area (Å²) in [5, 5.41) is 4.22. The molecule has 0 unspecified atom stereocenters. The molecule has 88 valence electrons. The Balaban J connectivity index is 2.12. The van der Waals surface area contributed by atoms with Crippen molar-refractivity contribution in [3.05, 3.63) is 35.6 Å². The first-order chi connectivity index (χ1) is 8.40. The maximum absolute atomic E-state index is 5.44. The van der Waals surface area contributed by atoms with Gasteiger partial charge in [0, 0.05) is 17.5 Å². The minimum Gasteiger partial charge on any atom is -0.496 e. The summed E-state index contributed by atoms with van der Waals surface area (Å²) in [6.07, 6.45) is 4.49. The Morgan fingerprint density at radius 3 is 2.88 bits per heavy atom. The number of rotatable bonds is 2. The molecular formula is C14H15NO2. The molecule has 1 aliphatic rings. The summed E-state index contributed by atoms with van der Waals surface area (Å²) in [7, 11) is 1.69. The number of aromatic nitrogens is 1. The van der Waals surface area contributed by atoms with Crippen LogP contribution in [0.25, 0.3) is 11.3 Å². The Labute approximate surface area is 100 Å². The molecule has 0 fully saturated rings. The van der Waals surface area contributed by atoms with Crippen molar-refractivity contribution < 1.29 is 9.26 Å². The zero-order chi connectivity index (χ0) is 11.7. The lowest BCUT2D eigenvalue weighted by atomic mass is 9.94. The van der Waals surface area contributed by atoms with Crippen LogP contribution in [0.15, 0.2) is 28.8 Å². The molecule has 0 spiro atoms. The van der Waals surface area contributed by atoms with Crippen molar-refractivity contribution in [1.29, 1.82) is 0 Å². The van der Waals surface area contributed by atoms with Crippen molar-refractivity contribution in [3.63, 3.8) is 0 Å². The molecule has 2 aromatic rings. The second-order valence-electron chi connectivity index (χ2n) is 4.34. The number of benzene rings is 1. The standard InChI is InChI=1S/C14H15NO2/c1-16-12-8-4-2-6-10(12)14-11-7-3-5-9-13(11)17-15-14/h2,4,6,8H,3,5,7,9H2,1H3. The van der Waals surface area contributed by atoms with Gasteiger partial charge in [-0.05, 0) is 31.4 Å². The third-order valence-corrected chi connectivity index (χ3v) is 3.31. The highest BCUT2D eigenvalue weighted by Crippen LogP contribution is 2.35. The molecular weight excluding hydrogens is 214 g/mol. The van der Waals surface area contributed by atoms with Crippen LogP contribution in [0.2, 0.25) is 0 Å². The number of aryl methyl sites for hydroxylation is 1. The maximum atomic E-state index is 5.44. The van der Waals surface area contributed by atoms with Crippen LogP contribution in [-0.4, -0.2) is 12.3 Å². The first-order valence-corrected chi connectivity index (χ1v) is 6.01. The van der Waals surface area contributed by atoms with E-state index in [-0.39, 0.29) is 0 Å². The van der Waals surface area contributed by atoms with E-state index in [9.17, 15) is 0 Å². The fraction of sp³-hybridized carbons (Fsp3) is 0.357. The number of hydrogen-bond donors (Lipinski definition) is 0. The van der Waals surface area contributed by atoms with Gasteiger partial charge in [-0.2, -0.15) is 0 Å². The Kier molecular flexibility index (Phi) is 2.59. The number of fused-ring (bicyclic) bond motifs is 1. The molecule has 3 nitrogen and oxygen atoms in total. The topological polar surface area (TPSA) is 35.3 Å². The molecule has 0 amide bonds. The third kappa shape index (κ3) is 1.71. The Bertz CT molecular complexity index is 531. The van der Waals surface area contributed by atoms with Crippen LogP contribution in [0, 0.1) is 0 Å². The van der Waals surface area contributed by atoms with Gasteiger partial charge >= 0.3 is 0 Å². The van der Waals surface area contributed by atoms with Crippen molar-refractivity contribution in [2.24, 2.45) is 0 Å². The summed E-state index contributed by atoms with van der Waals surface area (Å²) in [6, 6.07) is 7.96. The average Bonchev–Trinajstić information content (AvgIpc) is 2.82. The van der Waals surface area contributed by atoms with E-state index in [1.165, 1.54) is 18.4 Å². The first-order valence-electron chi connectivity index (χ1n) is 6.01. The molecule has 0 bridgehead atoms. The quantitative estimate of drug-likeness (QED) is 0.793. The van der Waals surface area contributed by atoms with Crippen molar-refractivity contribution in [2.75, 3.05) is 7.11 Å². The van der Waals surface area contributed by atoms with Crippen LogP contribution in [0.1, 0.15) is 24.2 Å². The Morgan fingerprint density at radius 1 is 1.18 bits per heavy atom. The molecule has 0 saturated heterocycles. The minimum atomic E-state index is 0.856. The van der Waals surface area contributed by atoms with E-state index in [4.69, 9.17) is 9.26 Å². The zero-order valence-electron chi connectivity index (χ0n) is 9.90. The molecule has 3 heteroatoms. The molecule has 0 saturated carbocycles. The van der Waals surface area contributed by atoms with Gasteiger partial charge in [0.25, 0.3) is 0 Å². The highest BCUT2D eigenvalue weighted by atomic mass is 16.5. The largest absolute Gasteiger partial charge is 0.496 e.